The van der Waals surface area contributed by atoms with Gasteiger partial charge in [-0.3, -0.25) is 4.79 Å². The van der Waals surface area contributed by atoms with Crippen LogP contribution in [0.5, 0.6) is 5.75 Å². The van der Waals surface area contributed by atoms with Gasteiger partial charge in [-0.05, 0) is 89.5 Å². The fourth-order valence-corrected chi connectivity index (χ4v) is 5.17. The lowest BCUT2D eigenvalue weighted by Gasteiger charge is -2.18. The molecule has 0 bridgehead atoms. The van der Waals surface area contributed by atoms with Gasteiger partial charge >= 0.3 is 5.97 Å². The first-order valence-corrected chi connectivity index (χ1v) is 13.4. The van der Waals surface area contributed by atoms with Crippen LogP contribution in [0, 0.1) is 6.92 Å². The van der Waals surface area contributed by atoms with Crippen LogP contribution < -0.4 is 4.74 Å². The molecule has 0 saturated heterocycles. The van der Waals surface area contributed by atoms with Crippen molar-refractivity contribution in [3.05, 3.63) is 62.8 Å². The summed E-state index contributed by atoms with van der Waals surface area (Å²) in [4.78, 5) is 12.1. The van der Waals surface area contributed by atoms with Crippen molar-refractivity contribution in [1.82, 2.24) is 0 Å². The number of hydrogen-bond donors (Lipinski definition) is 0. The number of rotatable bonds is 9. The third-order valence-electron chi connectivity index (χ3n) is 6.20. The zero-order valence-corrected chi connectivity index (χ0v) is 22.6. The Bertz CT molecular complexity index is 1100. The highest BCUT2D eigenvalue weighted by atomic mass is 79.9. The highest BCUT2D eigenvalue weighted by Gasteiger charge is 2.23. The molecule has 0 fully saturated rings. The summed E-state index contributed by atoms with van der Waals surface area (Å²) in [6, 6.07) is 8.12. The topological polar surface area (TPSA) is 48.7 Å². The molecule has 5 heteroatoms. The molecular weight excluding hydrogens is 492 g/mol. The van der Waals surface area contributed by atoms with E-state index in [1.807, 2.05) is 19.1 Å². The first-order valence-electron chi connectivity index (χ1n) is 12.6. The first kappa shape index (κ1) is 26.3. The van der Waals surface area contributed by atoms with Crippen LogP contribution >= 0.6 is 15.9 Å². The zero-order valence-electron chi connectivity index (χ0n) is 21.0. The number of ether oxygens (including phenoxy) is 2. The van der Waals surface area contributed by atoms with E-state index in [0.717, 1.165) is 51.6 Å². The number of aryl methyl sites for hydroxylation is 1. The molecule has 0 radical (unpaired) electrons. The second-order valence-corrected chi connectivity index (χ2v) is 9.74. The summed E-state index contributed by atoms with van der Waals surface area (Å²) in [5.74, 6) is 0.641. The van der Waals surface area contributed by atoms with Gasteiger partial charge in [0.05, 0.1) is 23.8 Å². The molecule has 1 aromatic heterocycles. The number of benzene rings is 2. The Labute approximate surface area is 212 Å². The average Bonchev–Trinajstić information content (AvgIpc) is 3.48. The van der Waals surface area contributed by atoms with Crippen LogP contribution in [-0.4, -0.2) is 12.6 Å². The van der Waals surface area contributed by atoms with E-state index in [0.29, 0.717) is 13.2 Å². The lowest BCUT2D eigenvalue weighted by molar-refractivity contribution is -0.142. The van der Waals surface area contributed by atoms with E-state index in [2.05, 4.69) is 48.8 Å². The Morgan fingerprint density at radius 1 is 1.06 bits per heavy atom. The van der Waals surface area contributed by atoms with Crippen LogP contribution in [0.1, 0.15) is 80.7 Å². The first-order chi connectivity index (χ1) is 16.5. The number of halogens is 1. The molecule has 1 aliphatic rings. The third-order valence-corrected chi connectivity index (χ3v) is 6.79. The fraction of sp³-hybridized carbons (Fsp3) is 0.483. The summed E-state index contributed by atoms with van der Waals surface area (Å²) in [5.41, 5.74) is 6.66. The van der Waals surface area contributed by atoms with Gasteiger partial charge in [-0.15, -0.1) is 0 Å². The average molecular weight is 530 g/mol. The summed E-state index contributed by atoms with van der Waals surface area (Å²) in [5, 5.41) is 1.04. The van der Waals surface area contributed by atoms with E-state index in [1.165, 1.54) is 42.4 Å². The Morgan fingerprint density at radius 2 is 1.79 bits per heavy atom. The standard InChI is InChI=1S/C23H23BrO4.C6H14/c1-3-26-21(25)12-17-9-14(2)18-5-4-6-19(18)22(17)28-13-15-10-16-7-8-27-23(16)20(24)11-15;1-3-5-6-4-2/h7-11H,3-6,12-13H2,1-2H3;3-6H2,1-2H3. The lowest BCUT2D eigenvalue weighted by Crippen LogP contribution is -2.11. The molecule has 0 saturated carbocycles. The van der Waals surface area contributed by atoms with E-state index in [4.69, 9.17) is 13.9 Å². The minimum atomic E-state index is -0.216. The summed E-state index contributed by atoms with van der Waals surface area (Å²) in [6.07, 6.45) is 10.7. The van der Waals surface area contributed by atoms with Crippen molar-refractivity contribution in [2.75, 3.05) is 6.61 Å². The monoisotopic (exact) mass is 528 g/mol. The Hall–Kier alpha value is -2.27. The quantitative estimate of drug-likeness (QED) is 0.207. The molecule has 0 atom stereocenters. The Morgan fingerprint density at radius 3 is 2.50 bits per heavy atom. The van der Waals surface area contributed by atoms with Crippen molar-refractivity contribution in [2.45, 2.75) is 85.7 Å². The molecule has 1 heterocycles. The van der Waals surface area contributed by atoms with E-state index < -0.39 is 0 Å². The van der Waals surface area contributed by atoms with Gasteiger partial charge in [0.15, 0.2) is 0 Å². The van der Waals surface area contributed by atoms with Crippen LogP contribution in [0.2, 0.25) is 0 Å². The van der Waals surface area contributed by atoms with Crippen LogP contribution in [0.3, 0.4) is 0 Å². The number of esters is 1. The zero-order chi connectivity index (χ0) is 24.5. The molecule has 0 spiro atoms. The molecule has 3 aromatic rings. The van der Waals surface area contributed by atoms with Crippen molar-refractivity contribution < 1.29 is 18.7 Å². The minimum Gasteiger partial charge on any atom is -0.488 e. The van der Waals surface area contributed by atoms with Crippen LogP contribution in [-0.2, 0) is 35.4 Å². The second-order valence-electron chi connectivity index (χ2n) is 8.89. The van der Waals surface area contributed by atoms with Gasteiger partial charge in [0.25, 0.3) is 0 Å². The highest BCUT2D eigenvalue weighted by Crippen LogP contribution is 2.37. The number of hydrogen-bond acceptors (Lipinski definition) is 4. The molecule has 0 N–H and O–H groups in total. The van der Waals surface area contributed by atoms with Crippen molar-refractivity contribution >= 4 is 32.9 Å². The van der Waals surface area contributed by atoms with Crippen molar-refractivity contribution in [3.63, 3.8) is 0 Å². The van der Waals surface area contributed by atoms with E-state index in [9.17, 15) is 4.79 Å². The van der Waals surface area contributed by atoms with Crippen molar-refractivity contribution in [2.24, 2.45) is 0 Å². The van der Waals surface area contributed by atoms with Gasteiger partial charge < -0.3 is 13.9 Å². The van der Waals surface area contributed by atoms with Gasteiger partial charge in [-0.25, -0.2) is 0 Å². The van der Waals surface area contributed by atoms with Gasteiger partial charge in [0, 0.05) is 10.9 Å². The summed E-state index contributed by atoms with van der Waals surface area (Å²) >= 11 is 3.57. The lowest BCUT2D eigenvalue weighted by atomic mass is 9.97. The maximum Gasteiger partial charge on any atom is 0.310 e. The largest absolute Gasteiger partial charge is 0.488 e. The maximum atomic E-state index is 12.1. The molecule has 0 unspecified atom stereocenters. The molecule has 0 aliphatic heterocycles. The Balaban J connectivity index is 0.000000481. The van der Waals surface area contributed by atoms with Gasteiger partial charge in [0.1, 0.15) is 17.9 Å². The summed E-state index contributed by atoms with van der Waals surface area (Å²) < 4.78 is 17.9. The minimum absolute atomic E-state index is 0.216. The van der Waals surface area contributed by atoms with Gasteiger partial charge in [-0.1, -0.05) is 45.6 Å². The van der Waals surface area contributed by atoms with Gasteiger partial charge in [-0.2, -0.15) is 0 Å². The fourth-order valence-electron chi connectivity index (χ4n) is 4.55. The van der Waals surface area contributed by atoms with E-state index in [-0.39, 0.29) is 12.4 Å². The SMILES string of the molecule is CCCCCC.CCOC(=O)Cc1cc(C)c2c(c1OCc1cc(Br)c3occc3c1)CCC2. The molecule has 2 aromatic carbocycles. The smallest absolute Gasteiger partial charge is 0.310 e. The number of furan rings is 1. The Kier molecular flexibility index (Phi) is 10.1. The summed E-state index contributed by atoms with van der Waals surface area (Å²) in [7, 11) is 0. The molecule has 34 heavy (non-hydrogen) atoms. The van der Waals surface area contributed by atoms with E-state index in [1.54, 1.807) is 6.26 Å². The van der Waals surface area contributed by atoms with Crippen molar-refractivity contribution in [3.8, 4) is 5.75 Å². The van der Waals surface area contributed by atoms with Crippen LogP contribution in [0.15, 0.2) is 39.4 Å². The summed E-state index contributed by atoms with van der Waals surface area (Å²) in [6.45, 7) is 9.23. The molecule has 184 valence electrons. The van der Waals surface area contributed by atoms with E-state index >= 15 is 0 Å². The molecule has 4 nitrogen and oxygen atoms in total. The maximum absolute atomic E-state index is 12.1. The third kappa shape index (κ3) is 6.65. The number of fused-ring (bicyclic) bond motifs is 2. The number of unbranched alkanes of at least 4 members (excludes halogenated alkanes) is 3. The molecular formula is C29H37BrO4. The van der Waals surface area contributed by atoms with Crippen LogP contribution in [0.4, 0.5) is 0 Å². The highest BCUT2D eigenvalue weighted by molar-refractivity contribution is 9.10. The predicted octanol–water partition coefficient (Wildman–Crippen LogP) is 8.26. The number of carbonyl (C=O) groups is 1. The normalized spacial score (nSPS) is 12.3. The van der Waals surface area contributed by atoms with Crippen molar-refractivity contribution in [1.29, 1.82) is 0 Å². The molecule has 4 rings (SSSR count). The predicted molar refractivity (Wildman–Crippen MR) is 142 cm³/mol. The van der Waals surface area contributed by atoms with Crippen LogP contribution in [0.25, 0.3) is 11.0 Å². The molecule has 1 aliphatic carbocycles. The molecule has 0 amide bonds. The number of carbonyl (C=O) groups excluding carboxylic acids is 1. The second kappa shape index (κ2) is 13.0. The van der Waals surface area contributed by atoms with Gasteiger partial charge in [0.2, 0.25) is 0 Å².